The third-order valence-electron chi connectivity index (χ3n) is 3.39. The van der Waals surface area contributed by atoms with Gasteiger partial charge in [0.1, 0.15) is 6.61 Å². The van der Waals surface area contributed by atoms with Crippen molar-refractivity contribution in [3.63, 3.8) is 0 Å². The number of benzene rings is 1. The predicted molar refractivity (Wildman–Crippen MR) is 76.5 cm³/mol. The summed E-state index contributed by atoms with van der Waals surface area (Å²) in [6.07, 6.45) is 0.664. The van der Waals surface area contributed by atoms with Gasteiger partial charge in [0.05, 0.1) is 0 Å². The Hall–Kier alpha value is -1.59. The fourth-order valence-electron chi connectivity index (χ4n) is 2.26. The number of nitrogens with zero attached hydrogens (tertiary/aromatic N) is 1. The minimum Gasteiger partial charge on any atom is -0.445 e. The Morgan fingerprint density at radius 2 is 2.20 bits per heavy atom. The minimum atomic E-state index is -0.238. The molecule has 1 atom stereocenters. The lowest BCUT2D eigenvalue weighted by molar-refractivity contribution is 0.0805. The highest BCUT2D eigenvalue weighted by Gasteiger charge is 2.23. The van der Waals surface area contributed by atoms with Crippen LogP contribution < -0.4 is 5.32 Å². The summed E-state index contributed by atoms with van der Waals surface area (Å²) in [6, 6.07) is 10.0. The van der Waals surface area contributed by atoms with Gasteiger partial charge in [0, 0.05) is 39.4 Å². The molecule has 0 radical (unpaired) electrons. The van der Waals surface area contributed by atoms with E-state index in [4.69, 9.17) is 9.47 Å². The maximum Gasteiger partial charge on any atom is 0.410 e. The molecule has 1 amide bonds. The van der Waals surface area contributed by atoms with Gasteiger partial charge in [-0.15, -0.1) is 0 Å². The number of amides is 1. The van der Waals surface area contributed by atoms with Gasteiger partial charge in [-0.25, -0.2) is 4.79 Å². The van der Waals surface area contributed by atoms with Crippen molar-refractivity contribution < 1.29 is 14.3 Å². The molecule has 5 nitrogen and oxygen atoms in total. The van der Waals surface area contributed by atoms with E-state index in [0.29, 0.717) is 26.3 Å². The van der Waals surface area contributed by atoms with Crippen molar-refractivity contribution in [1.82, 2.24) is 10.2 Å². The van der Waals surface area contributed by atoms with Crippen molar-refractivity contribution >= 4 is 6.09 Å². The largest absolute Gasteiger partial charge is 0.445 e. The van der Waals surface area contributed by atoms with Gasteiger partial charge >= 0.3 is 6.09 Å². The maximum absolute atomic E-state index is 12.0. The Kier molecular flexibility index (Phi) is 5.83. The zero-order chi connectivity index (χ0) is 14.2. The summed E-state index contributed by atoms with van der Waals surface area (Å²) in [6.45, 7) is 3.19. The van der Waals surface area contributed by atoms with Crippen LogP contribution in [0.25, 0.3) is 0 Å². The van der Waals surface area contributed by atoms with Crippen molar-refractivity contribution in [3.05, 3.63) is 35.9 Å². The van der Waals surface area contributed by atoms with Gasteiger partial charge < -0.3 is 19.7 Å². The first kappa shape index (κ1) is 14.8. The molecule has 1 N–H and O–H groups in total. The molecule has 1 saturated heterocycles. The van der Waals surface area contributed by atoms with Crippen molar-refractivity contribution in [2.24, 2.45) is 0 Å². The molecule has 2 rings (SSSR count). The zero-order valence-electron chi connectivity index (χ0n) is 11.9. The van der Waals surface area contributed by atoms with Crippen LogP contribution in [0.15, 0.2) is 30.3 Å². The number of hydrogen-bond donors (Lipinski definition) is 1. The van der Waals surface area contributed by atoms with E-state index < -0.39 is 0 Å². The number of rotatable bonds is 5. The minimum absolute atomic E-state index is 0.238. The third kappa shape index (κ3) is 4.51. The number of carbonyl (C=O) groups is 1. The summed E-state index contributed by atoms with van der Waals surface area (Å²) in [5, 5.41) is 3.38. The summed E-state index contributed by atoms with van der Waals surface area (Å²) < 4.78 is 10.4. The summed E-state index contributed by atoms with van der Waals surface area (Å²) in [5.74, 6) is 0. The Balaban J connectivity index is 1.77. The Bertz CT molecular complexity index is 411. The molecule has 1 aliphatic rings. The van der Waals surface area contributed by atoms with E-state index in [1.165, 1.54) is 0 Å². The van der Waals surface area contributed by atoms with Gasteiger partial charge in [0.25, 0.3) is 0 Å². The Labute approximate surface area is 119 Å². The van der Waals surface area contributed by atoms with E-state index in [1.807, 2.05) is 30.3 Å². The highest BCUT2D eigenvalue weighted by molar-refractivity contribution is 5.67. The number of hydrogen-bond acceptors (Lipinski definition) is 4. The van der Waals surface area contributed by atoms with Gasteiger partial charge in [0.2, 0.25) is 0 Å². The van der Waals surface area contributed by atoms with Crippen LogP contribution in [0, 0.1) is 0 Å². The molecule has 1 aromatic carbocycles. The molecular formula is C15H22N2O3. The van der Waals surface area contributed by atoms with Crippen LogP contribution in [0.5, 0.6) is 0 Å². The van der Waals surface area contributed by atoms with Crippen LogP contribution in [0.1, 0.15) is 12.0 Å². The molecule has 1 heterocycles. The van der Waals surface area contributed by atoms with Crippen LogP contribution >= 0.6 is 0 Å². The lowest BCUT2D eigenvalue weighted by Crippen LogP contribution is -2.53. The molecule has 0 aromatic heterocycles. The van der Waals surface area contributed by atoms with Crippen LogP contribution in [0.2, 0.25) is 0 Å². The van der Waals surface area contributed by atoms with E-state index in [0.717, 1.165) is 18.5 Å². The standard InChI is InChI=1S/C15H22N2O3/c1-19-10-7-14-11-17(9-8-16-14)15(18)20-12-13-5-3-2-4-6-13/h2-6,14,16H,7-12H2,1H3. The molecule has 20 heavy (non-hydrogen) atoms. The van der Waals surface area contributed by atoms with Crippen molar-refractivity contribution in [2.45, 2.75) is 19.1 Å². The molecule has 0 saturated carbocycles. The van der Waals surface area contributed by atoms with E-state index >= 15 is 0 Å². The van der Waals surface area contributed by atoms with E-state index in [9.17, 15) is 4.79 Å². The van der Waals surface area contributed by atoms with E-state index in [2.05, 4.69) is 5.32 Å². The fraction of sp³-hybridized carbons (Fsp3) is 0.533. The molecule has 0 aliphatic carbocycles. The first-order valence-corrected chi connectivity index (χ1v) is 6.97. The Morgan fingerprint density at radius 3 is 2.95 bits per heavy atom. The lowest BCUT2D eigenvalue weighted by atomic mass is 10.1. The van der Waals surface area contributed by atoms with Crippen molar-refractivity contribution in [2.75, 3.05) is 33.4 Å². The van der Waals surface area contributed by atoms with Gasteiger partial charge in [-0.2, -0.15) is 0 Å². The molecule has 5 heteroatoms. The first-order valence-electron chi connectivity index (χ1n) is 6.97. The molecule has 1 aliphatic heterocycles. The highest BCUT2D eigenvalue weighted by Crippen LogP contribution is 2.07. The summed E-state index contributed by atoms with van der Waals surface area (Å²) in [4.78, 5) is 13.8. The molecule has 0 spiro atoms. The van der Waals surface area contributed by atoms with Crippen LogP contribution in [-0.2, 0) is 16.1 Å². The van der Waals surface area contributed by atoms with Gasteiger partial charge in [-0.1, -0.05) is 30.3 Å². The first-order chi connectivity index (χ1) is 9.79. The molecule has 1 aromatic rings. The van der Waals surface area contributed by atoms with E-state index in [1.54, 1.807) is 12.0 Å². The number of methoxy groups -OCH3 is 1. The summed E-state index contributed by atoms with van der Waals surface area (Å²) in [7, 11) is 1.69. The van der Waals surface area contributed by atoms with Crippen molar-refractivity contribution in [1.29, 1.82) is 0 Å². The lowest BCUT2D eigenvalue weighted by Gasteiger charge is -2.32. The normalized spacial score (nSPS) is 18.9. The number of nitrogens with one attached hydrogen (secondary N) is 1. The third-order valence-corrected chi connectivity index (χ3v) is 3.39. The summed E-state index contributed by atoms with van der Waals surface area (Å²) in [5.41, 5.74) is 1.01. The molecular weight excluding hydrogens is 256 g/mol. The van der Waals surface area contributed by atoms with Crippen LogP contribution in [-0.4, -0.2) is 50.4 Å². The molecule has 1 fully saturated rings. The van der Waals surface area contributed by atoms with Crippen LogP contribution in [0.3, 0.4) is 0 Å². The number of ether oxygens (including phenoxy) is 2. The molecule has 1 unspecified atom stereocenters. The SMILES string of the molecule is COCCC1CN(C(=O)OCc2ccccc2)CCN1. The second-order valence-corrected chi connectivity index (χ2v) is 4.92. The molecule has 110 valence electrons. The second kappa shape index (κ2) is 7.87. The quantitative estimate of drug-likeness (QED) is 0.889. The number of carbonyl (C=O) groups excluding carboxylic acids is 1. The van der Waals surface area contributed by atoms with Crippen LogP contribution in [0.4, 0.5) is 4.79 Å². The van der Waals surface area contributed by atoms with Gasteiger partial charge in [-0.05, 0) is 12.0 Å². The number of piperazine rings is 1. The predicted octanol–water partition coefficient (Wildman–Crippen LogP) is 1.63. The van der Waals surface area contributed by atoms with E-state index in [-0.39, 0.29) is 12.1 Å². The molecule has 0 bridgehead atoms. The topological polar surface area (TPSA) is 50.8 Å². The highest BCUT2D eigenvalue weighted by atomic mass is 16.6. The van der Waals surface area contributed by atoms with Gasteiger partial charge in [-0.3, -0.25) is 0 Å². The second-order valence-electron chi connectivity index (χ2n) is 4.92. The maximum atomic E-state index is 12.0. The summed E-state index contributed by atoms with van der Waals surface area (Å²) >= 11 is 0. The average Bonchev–Trinajstić information content (AvgIpc) is 2.52. The fourth-order valence-corrected chi connectivity index (χ4v) is 2.26. The monoisotopic (exact) mass is 278 g/mol. The zero-order valence-corrected chi connectivity index (χ0v) is 11.9. The average molecular weight is 278 g/mol. The van der Waals surface area contributed by atoms with Crippen molar-refractivity contribution in [3.8, 4) is 0 Å². The Morgan fingerprint density at radius 1 is 1.40 bits per heavy atom. The van der Waals surface area contributed by atoms with Gasteiger partial charge in [0.15, 0.2) is 0 Å². The smallest absolute Gasteiger partial charge is 0.410 e.